The third-order valence-electron chi connectivity index (χ3n) is 2.55. The number of morpholine rings is 1. The molecule has 0 bridgehead atoms. The van der Waals surface area contributed by atoms with Gasteiger partial charge < -0.3 is 15.0 Å². The number of hydrogen-bond acceptors (Lipinski definition) is 5. The highest BCUT2D eigenvalue weighted by Crippen LogP contribution is 2.17. The largest absolute Gasteiger partial charge is 0.365 e. The molecule has 2 heterocycles. The van der Waals surface area contributed by atoms with E-state index < -0.39 is 6.10 Å². The zero-order valence-electron chi connectivity index (χ0n) is 9.39. The molecule has 1 N–H and O–H groups in total. The van der Waals surface area contributed by atoms with Crippen LogP contribution in [0.1, 0.15) is 0 Å². The molecule has 1 fully saturated rings. The Morgan fingerprint density at radius 1 is 1.65 bits per heavy atom. The maximum absolute atomic E-state index is 11.5. The molecule has 2 rings (SSSR count). The monoisotopic (exact) mass is 256 g/mol. The lowest BCUT2D eigenvalue weighted by Crippen LogP contribution is -2.49. The van der Waals surface area contributed by atoms with E-state index in [0.29, 0.717) is 30.7 Å². The van der Waals surface area contributed by atoms with E-state index in [1.54, 1.807) is 13.1 Å². The molecule has 1 atom stereocenters. The van der Waals surface area contributed by atoms with Gasteiger partial charge in [-0.3, -0.25) is 4.79 Å². The van der Waals surface area contributed by atoms with Gasteiger partial charge in [0.2, 0.25) is 0 Å². The topological polar surface area (TPSA) is 67.4 Å². The summed E-state index contributed by atoms with van der Waals surface area (Å²) < 4.78 is 5.38. The molecule has 0 aliphatic carbocycles. The number of carbonyl (C=O) groups excluding carboxylic acids is 1. The smallest absolute Gasteiger partial charge is 0.250 e. The van der Waals surface area contributed by atoms with Crippen LogP contribution in [0.25, 0.3) is 0 Å². The van der Waals surface area contributed by atoms with Gasteiger partial charge in [0, 0.05) is 19.7 Å². The number of hydrogen-bond donors (Lipinski definition) is 1. The molecule has 1 aliphatic heterocycles. The number of rotatable bonds is 2. The molecule has 1 aromatic rings. The van der Waals surface area contributed by atoms with Crippen LogP contribution in [-0.2, 0) is 9.53 Å². The van der Waals surface area contributed by atoms with Crippen molar-refractivity contribution in [1.82, 2.24) is 15.3 Å². The van der Waals surface area contributed by atoms with Crippen molar-refractivity contribution in [2.75, 3.05) is 31.6 Å². The van der Waals surface area contributed by atoms with Crippen molar-refractivity contribution in [3.8, 4) is 0 Å². The predicted molar refractivity (Wildman–Crippen MR) is 63.1 cm³/mol. The summed E-state index contributed by atoms with van der Waals surface area (Å²) in [6.45, 7) is 1.63. The molecule has 0 aromatic carbocycles. The normalized spacial score (nSPS) is 20.1. The quantitative estimate of drug-likeness (QED) is 0.759. The van der Waals surface area contributed by atoms with Crippen LogP contribution >= 0.6 is 11.6 Å². The van der Waals surface area contributed by atoms with E-state index in [1.165, 1.54) is 6.33 Å². The SMILES string of the molecule is CNC(=O)[C@H]1CN(c2cc(Cl)ncn2)CCO1. The number of ether oxygens (including phenoxy) is 1. The highest BCUT2D eigenvalue weighted by molar-refractivity contribution is 6.29. The van der Waals surface area contributed by atoms with E-state index in [-0.39, 0.29) is 5.91 Å². The summed E-state index contributed by atoms with van der Waals surface area (Å²) in [5.41, 5.74) is 0. The molecule has 6 nitrogen and oxygen atoms in total. The fourth-order valence-electron chi connectivity index (χ4n) is 1.67. The van der Waals surface area contributed by atoms with E-state index in [0.717, 1.165) is 0 Å². The number of anilines is 1. The second-order valence-electron chi connectivity index (χ2n) is 3.62. The Morgan fingerprint density at radius 2 is 2.47 bits per heavy atom. The van der Waals surface area contributed by atoms with Crippen molar-refractivity contribution in [1.29, 1.82) is 0 Å². The van der Waals surface area contributed by atoms with Crippen molar-refractivity contribution in [2.24, 2.45) is 0 Å². The first-order chi connectivity index (χ1) is 8.20. The number of amides is 1. The van der Waals surface area contributed by atoms with Gasteiger partial charge in [-0.1, -0.05) is 11.6 Å². The first-order valence-electron chi connectivity index (χ1n) is 5.26. The highest BCUT2D eigenvalue weighted by atomic mass is 35.5. The van der Waals surface area contributed by atoms with Gasteiger partial charge in [-0.15, -0.1) is 0 Å². The van der Waals surface area contributed by atoms with Gasteiger partial charge in [0.15, 0.2) is 6.10 Å². The molecular formula is C10H13ClN4O2. The Morgan fingerprint density at radius 3 is 3.18 bits per heavy atom. The maximum Gasteiger partial charge on any atom is 0.250 e. The molecule has 17 heavy (non-hydrogen) atoms. The molecule has 1 aliphatic rings. The van der Waals surface area contributed by atoms with Gasteiger partial charge in [-0.05, 0) is 0 Å². The molecule has 0 spiro atoms. The van der Waals surface area contributed by atoms with Gasteiger partial charge in [-0.2, -0.15) is 0 Å². The molecule has 1 saturated heterocycles. The van der Waals surface area contributed by atoms with Crippen molar-refractivity contribution in [3.63, 3.8) is 0 Å². The standard InChI is InChI=1S/C10H13ClN4O2/c1-12-10(16)7-5-15(2-3-17-7)9-4-8(11)13-6-14-9/h4,6-7H,2-3,5H2,1H3,(H,12,16)/t7-/m1/s1. The Kier molecular flexibility index (Phi) is 3.75. The van der Waals surface area contributed by atoms with Gasteiger partial charge >= 0.3 is 0 Å². The van der Waals surface area contributed by atoms with Crippen molar-refractivity contribution >= 4 is 23.3 Å². The number of nitrogens with zero attached hydrogens (tertiary/aromatic N) is 3. The molecule has 0 unspecified atom stereocenters. The minimum atomic E-state index is -0.470. The highest BCUT2D eigenvalue weighted by Gasteiger charge is 2.26. The third kappa shape index (κ3) is 2.83. The average molecular weight is 257 g/mol. The lowest BCUT2D eigenvalue weighted by Gasteiger charge is -2.32. The van der Waals surface area contributed by atoms with Crippen LogP contribution in [-0.4, -0.2) is 48.7 Å². The Hall–Kier alpha value is -1.40. The van der Waals surface area contributed by atoms with Crippen LogP contribution < -0.4 is 10.2 Å². The number of carbonyl (C=O) groups is 1. The molecule has 1 amide bonds. The summed E-state index contributed by atoms with van der Waals surface area (Å²) >= 11 is 5.80. The van der Waals surface area contributed by atoms with E-state index in [2.05, 4.69) is 15.3 Å². The summed E-state index contributed by atoms with van der Waals surface area (Å²) in [5.74, 6) is 0.581. The van der Waals surface area contributed by atoms with Crippen LogP contribution in [0.15, 0.2) is 12.4 Å². The summed E-state index contributed by atoms with van der Waals surface area (Å²) in [7, 11) is 1.59. The lowest BCUT2D eigenvalue weighted by molar-refractivity contribution is -0.132. The van der Waals surface area contributed by atoms with Crippen LogP contribution in [0.4, 0.5) is 5.82 Å². The zero-order chi connectivity index (χ0) is 12.3. The number of likely N-dealkylation sites (N-methyl/N-ethyl adjacent to an activating group) is 1. The minimum absolute atomic E-state index is 0.130. The average Bonchev–Trinajstić information content (AvgIpc) is 2.38. The summed E-state index contributed by atoms with van der Waals surface area (Å²) in [6.07, 6.45) is 0.935. The van der Waals surface area contributed by atoms with Crippen molar-refractivity contribution < 1.29 is 9.53 Å². The van der Waals surface area contributed by atoms with E-state index in [4.69, 9.17) is 16.3 Å². The van der Waals surface area contributed by atoms with Crippen molar-refractivity contribution in [3.05, 3.63) is 17.5 Å². The molecule has 0 radical (unpaired) electrons. The molecule has 92 valence electrons. The van der Waals surface area contributed by atoms with E-state index in [9.17, 15) is 4.79 Å². The number of nitrogens with one attached hydrogen (secondary N) is 1. The van der Waals surface area contributed by atoms with Crippen LogP contribution in [0.2, 0.25) is 5.15 Å². The van der Waals surface area contributed by atoms with Crippen molar-refractivity contribution in [2.45, 2.75) is 6.10 Å². The van der Waals surface area contributed by atoms with Crippen LogP contribution in [0.3, 0.4) is 0 Å². The first-order valence-corrected chi connectivity index (χ1v) is 5.64. The first kappa shape index (κ1) is 12.1. The fraction of sp³-hybridized carbons (Fsp3) is 0.500. The third-order valence-corrected chi connectivity index (χ3v) is 2.76. The Bertz CT molecular complexity index is 415. The molecular weight excluding hydrogens is 244 g/mol. The van der Waals surface area contributed by atoms with E-state index in [1.807, 2.05) is 4.90 Å². The second kappa shape index (κ2) is 5.29. The van der Waals surface area contributed by atoms with E-state index >= 15 is 0 Å². The summed E-state index contributed by atoms with van der Waals surface area (Å²) in [4.78, 5) is 21.4. The lowest BCUT2D eigenvalue weighted by atomic mass is 10.2. The second-order valence-corrected chi connectivity index (χ2v) is 4.01. The fourth-order valence-corrected chi connectivity index (χ4v) is 1.82. The Balaban J connectivity index is 2.09. The summed E-state index contributed by atoms with van der Waals surface area (Å²) in [5, 5.41) is 2.96. The van der Waals surface area contributed by atoms with Crippen LogP contribution in [0.5, 0.6) is 0 Å². The number of halogens is 1. The predicted octanol–water partition coefficient (Wildman–Crippen LogP) is 0.0812. The van der Waals surface area contributed by atoms with Gasteiger partial charge in [0.1, 0.15) is 17.3 Å². The minimum Gasteiger partial charge on any atom is -0.365 e. The number of aromatic nitrogens is 2. The van der Waals surface area contributed by atoms with Crippen LogP contribution in [0, 0.1) is 0 Å². The van der Waals surface area contributed by atoms with Gasteiger partial charge in [-0.25, -0.2) is 9.97 Å². The maximum atomic E-state index is 11.5. The van der Waals surface area contributed by atoms with Gasteiger partial charge in [0.05, 0.1) is 13.2 Å². The summed E-state index contributed by atoms with van der Waals surface area (Å²) in [6, 6.07) is 1.67. The van der Waals surface area contributed by atoms with Gasteiger partial charge in [0.25, 0.3) is 5.91 Å². The Labute approximate surface area is 104 Å². The molecule has 0 saturated carbocycles. The molecule has 7 heteroatoms. The zero-order valence-corrected chi connectivity index (χ0v) is 10.1. The molecule has 1 aromatic heterocycles.